The summed E-state index contributed by atoms with van der Waals surface area (Å²) in [5.74, 6) is 1.53. The van der Waals surface area contributed by atoms with Gasteiger partial charge in [0, 0.05) is 6.42 Å². The standard InChI is InChI=1S/C29H42FN3O/c1-6-33(16-7-8-26(34)32-29-21(5)10-9-20(4)28(29)31)17-15-22-11-12-23-18-24(30)13-14-25(23)27(22)19(2)3/h9-10,13-14,18-19,22,27H,6-8,11-12,15-17,31H2,1-5H3,(H,32,34). The summed E-state index contributed by atoms with van der Waals surface area (Å²) in [6, 6.07) is 9.33. The van der Waals surface area contributed by atoms with Crippen LogP contribution >= 0.6 is 0 Å². The number of benzene rings is 2. The molecule has 2 atom stereocenters. The number of halogens is 1. The molecule has 4 nitrogen and oxygen atoms in total. The first-order chi connectivity index (χ1) is 16.2. The van der Waals surface area contributed by atoms with Gasteiger partial charge in [-0.15, -0.1) is 0 Å². The molecule has 2 aromatic rings. The Bertz CT molecular complexity index is 988. The number of nitrogens with two attached hydrogens (primary N) is 1. The molecule has 3 N–H and O–H groups in total. The normalized spacial score (nSPS) is 17.8. The number of carbonyl (C=O) groups excluding carboxylic acids is 1. The van der Waals surface area contributed by atoms with Crippen molar-refractivity contribution in [2.45, 2.75) is 72.6 Å². The predicted octanol–water partition coefficient (Wildman–Crippen LogP) is 6.46. The highest BCUT2D eigenvalue weighted by molar-refractivity contribution is 5.95. The van der Waals surface area contributed by atoms with E-state index in [0.717, 1.165) is 62.1 Å². The molecule has 0 bridgehead atoms. The number of hydrogen-bond acceptors (Lipinski definition) is 3. The van der Waals surface area contributed by atoms with Gasteiger partial charge in [0.1, 0.15) is 5.82 Å². The summed E-state index contributed by atoms with van der Waals surface area (Å²) in [5, 5.41) is 3.02. The second kappa shape index (κ2) is 11.8. The molecule has 5 heteroatoms. The van der Waals surface area contributed by atoms with Gasteiger partial charge in [0.2, 0.25) is 5.91 Å². The maximum Gasteiger partial charge on any atom is 0.224 e. The Morgan fingerprint density at radius 3 is 2.62 bits per heavy atom. The molecule has 0 fully saturated rings. The molecule has 0 radical (unpaired) electrons. The van der Waals surface area contributed by atoms with Crippen molar-refractivity contribution in [1.29, 1.82) is 0 Å². The van der Waals surface area contributed by atoms with Gasteiger partial charge < -0.3 is 16.0 Å². The minimum atomic E-state index is -0.124. The van der Waals surface area contributed by atoms with Crippen LogP contribution in [0.15, 0.2) is 30.3 Å². The molecule has 186 valence electrons. The zero-order chi connectivity index (χ0) is 24.8. The van der Waals surface area contributed by atoms with Crippen LogP contribution < -0.4 is 11.1 Å². The maximum absolute atomic E-state index is 13.7. The van der Waals surface area contributed by atoms with E-state index in [1.165, 1.54) is 11.1 Å². The van der Waals surface area contributed by atoms with Crippen LogP contribution in [0.2, 0.25) is 0 Å². The number of nitrogens with zero attached hydrogens (tertiary/aromatic N) is 1. The van der Waals surface area contributed by atoms with Crippen molar-refractivity contribution in [3.05, 3.63) is 58.4 Å². The van der Waals surface area contributed by atoms with Crippen LogP contribution in [0, 0.1) is 31.5 Å². The Kier molecular flexibility index (Phi) is 9.12. The summed E-state index contributed by atoms with van der Waals surface area (Å²) < 4.78 is 13.7. The molecule has 1 aliphatic rings. The zero-order valence-electron chi connectivity index (χ0n) is 21.6. The highest BCUT2D eigenvalue weighted by Crippen LogP contribution is 2.42. The molecule has 2 unspecified atom stereocenters. The van der Waals surface area contributed by atoms with Gasteiger partial charge >= 0.3 is 0 Å². The van der Waals surface area contributed by atoms with Crippen LogP contribution in [0.4, 0.5) is 15.8 Å². The molecule has 2 aromatic carbocycles. The van der Waals surface area contributed by atoms with E-state index < -0.39 is 0 Å². The van der Waals surface area contributed by atoms with Gasteiger partial charge in [-0.3, -0.25) is 4.79 Å². The molecule has 0 heterocycles. The highest BCUT2D eigenvalue weighted by Gasteiger charge is 2.31. The minimum absolute atomic E-state index is 0.0208. The molecule has 0 aromatic heterocycles. The van der Waals surface area contributed by atoms with Crippen molar-refractivity contribution in [1.82, 2.24) is 4.90 Å². The summed E-state index contributed by atoms with van der Waals surface area (Å²) in [6.07, 6.45) is 4.54. The smallest absolute Gasteiger partial charge is 0.224 e. The van der Waals surface area contributed by atoms with E-state index in [4.69, 9.17) is 5.73 Å². The second-order valence-corrected chi connectivity index (χ2v) is 10.3. The lowest BCUT2D eigenvalue weighted by atomic mass is 9.69. The lowest BCUT2D eigenvalue weighted by Crippen LogP contribution is -2.31. The van der Waals surface area contributed by atoms with Crippen LogP contribution in [0.25, 0.3) is 0 Å². The summed E-state index contributed by atoms with van der Waals surface area (Å²) in [6.45, 7) is 13.6. The Hall–Kier alpha value is -2.40. The fourth-order valence-electron chi connectivity index (χ4n) is 5.56. The fraction of sp³-hybridized carbons (Fsp3) is 0.552. The van der Waals surface area contributed by atoms with Gasteiger partial charge in [0.05, 0.1) is 11.4 Å². The number of amides is 1. The van der Waals surface area contributed by atoms with Crippen molar-refractivity contribution in [3.63, 3.8) is 0 Å². The summed E-state index contributed by atoms with van der Waals surface area (Å²) >= 11 is 0. The Balaban J connectivity index is 1.50. The van der Waals surface area contributed by atoms with Gasteiger partial charge in [0.25, 0.3) is 0 Å². The summed E-state index contributed by atoms with van der Waals surface area (Å²) in [7, 11) is 0. The number of rotatable bonds is 10. The van der Waals surface area contributed by atoms with Gasteiger partial charge in [-0.05, 0) is 111 Å². The first-order valence-corrected chi connectivity index (χ1v) is 12.9. The SMILES string of the molecule is CCN(CCCC(=O)Nc1c(C)ccc(C)c1N)CCC1CCc2cc(F)ccc2C1C(C)C. The van der Waals surface area contributed by atoms with Crippen molar-refractivity contribution in [2.75, 3.05) is 30.7 Å². The van der Waals surface area contributed by atoms with Crippen LogP contribution in [-0.4, -0.2) is 30.4 Å². The molecule has 1 aliphatic carbocycles. The number of nitrogen functional groups attached to an aromatic ring is 1. The number of hydrogen-bond donors (Lipinski definition) is 2. The third-order valence-electron chi connectivity index (χ3n) is 7.55. The Morgan fingerprint density at radius 2 is 1.91 bits per heavy atom. The predicted molar refractivity (Wildman–Crippen MR) is 141 cm³/mol. The molecule has 0 spiro atoms. The van der Waals surface area contributed by atoms with Crippen molar-refractivity contribution in [2.24, 2.45) is 11.8 Å². The Morgan fingerprint density at radius 1 is 1.18 bits per heavy atom. The molecule has 0 saturated carbocycles. The third kappa shape index (κ3) is 6.38. The topological polar surface area (TPSA) is 58.4 Å². The van der Waals surface area contributed by atoms with E-state index in [1.807, 2.05) is 32.0 Å². The highest BCUT2D eigenvalue weighted by atomic mass is 19.1. The van der Waals surface area contributed by atoms with E-state index in [2.05, 4.69) is 31.0 Å². The van der Waals surface area contributed by atoms with Gasteiger partial charge in [-0.25, -0.2) is 4.39 Å². The maximum atomic E-state index is 13.7. The molecule has 0 aliphatic heterocycles. The molecule has 34 heavy (non-hydrogen) atoms. The average molecular weight is 468 g/mol. The van der Waals surface area contributed by atoms with E-state index in [-0.39, 0.29) is 11.7 Å². The van der Waals surface area contributed by atoms with Gasteiger partial charge in [-0.1, -0.05) is 39.0 Å². The number of carbonyl (C=O) groups is 1. The lowest BCUT2D eigenvalue weighted by Gasteiger charge is -2.37. The Labute approximate surface area is 205 Å². The van der Waals surface area contributed by atoms with Gasteiger partial charge in [0.15, 0.2) is 0 Å². The van der Waals surface area contributed by atoms with E-state index in [0.29, 0.717) is 29.9 Å². The number of aryl methyl sites for hydroxylation is 3. The van der Waals surface area contributed by atoms with Crippen LogP contribution in [-0.2, 0) is 11.2 Å². The average Bonchev–Trinajstić information content (AvgIpc) is 2.80. The summed E-state index contributed by atoms with van der Waals surface area (Å²) in [5.41, 5.74) is 12.1. The van der Waals surface area contributed by atoms with E-state index in [1.54, 1.807) is 12.1 Å². The van der Waals surface area contributed by atoms with E-state index in [9.17, 15) is 9.18 Å². The first-order valence-electron chi connectivity index (χ1n) is 12.9. The molecular weight excluding hydrogens is 425 g/mol. The van der Waals surface area contributed by atoms with Crippen LogP contribution in [0.5, 0.6) is 0 Å². The van der Waals surface area contributed by atoms with Crippen molar-refractivity contribution >= 4 is 17.3 Å². The lowest BCUT2D eigenvalue weighted by molar-refractivity contribution is -0.116. The largest absolute Gasteiger partial charge is 0.397 e. The van der Waals surface area contributed by atoms with Crippen molar-refractivity contribution < 1.29 is 9.18 Å². The van der Waals surface area contributed by atoms with Gasteiger partial charge in [-0.2, -0.15) is 0 Å². The zero-order valence-corrected chi connectivity index (χ0v) is 21.6. The number of nitrogens with one attached hydrogen (secondary N) is 1. The summed E-state index contributed by atoms with van der Waals surface area (Å²) in [4.78, 5) is 15.0. The van der Waals surface area contributed by atoms with Crippen molar-refractivity contribution in [3.8, 4) is 0 Å². The molecule has 3 rings (SSSR count). The second-order valence-electron chi connectivity index (χ2n) is 10.3. The quantitative estimate of drug-likeness (QED) is 0.394. The minimum Gasteiger partial charge on any atom is -0.397 e. The molecular formula is C29H42FN3O. The third-order valence-corrected chi connectivity index (χ3v) is 7.55. The van der Waals surface area contributed by atoms with Crippen LogP contribution in [0.1, 0.15) is 74.6 Å². The number of anilines is 2. The molecule has 0 saturated heterocycles. The fourth-order valence-corrected chi connectivity index (χ4v) is 5.56. The first kappa shape index (κ1) is 26.2. The molecule has 1 amide bonds. The monoisotopic (exact) mass is 467 g/mol. The number of fused-ring (bicyclic) bond motifs is 1. The van der Waals surface area contributed by atoms with Crippen LogP contribution in [0.3, 0.4) is 0 Å². The van der Waals surface area contributed by atoms with E-state index >= 15 is 0 Å².